The van der Waals surface area contributed by atoms with Gasteiger partial charge in [0.15, 0.2) is 0 Å². The van der Waals surface area contributed by atoms with Crippen molar-refractivity contribution in [2.75, 3.05) is 19.4 Å². The summed E-state index contributed by atoms with van der Waals surface area (Å²) in [5.74, 6) is 0. The lowest BCUT2D eigenvalue weighted by Gasteiger charge is -2.11. The molecule has 0 aliphatic heterocycles. The van der Waals surface area contributed by atoms with Crippen LogP contribution in [0.5, 0.6) is 0 Å². The molecule has 0 saturated heterocycles. The summed E-state index contributed by atoms with van der Waals surface area (Å²) in [6.07, 6.45) is 0. The highest BCUT2D eigenvalue weighted by Gasteiger charge is 1.97. The van der Waals surface area contributed by atoms with Crippen molar-refractivity contribution < 1.29 is 0 Å². The maximum atomic E-state index is 3.32. The molecule has 17 heavy (non-hydrogen) atoms. The quantitative estimate of drug-likeness (QED) is 0.859. The fraction of sp³-hybridized carbons (Fsp3) is 0.200. The van der Waals surface area contributed by atoms with Crippen molar-refractivity contribution in [2.24, 2.45) is 0 Å². The van der Waals surface area contributed by atoms with Crippen LogP contribution in [-0.4, -0.2) is 19.0 Å². The summed E-state index contributed by atoms with van der Waals surface area (Å²) in [6.45, 7) is 0.970. The zero-order valence-electron chi connectivity index (χ0n) is 10.3. The lowest BCUT2D eigenvalue weighted by atomic mass is 10.2. The van der Waals surface area contributed by atoms with Crippen molar-refractivity contribution in [3.05, 3.63) is 60.2 Å². The molecule has 0 aromatic heterocycles. The Morgan fingerprint density at radius 3 is 2.41 bits per heavy atom. The fourth-order valence-electron chi connectivity index (χ4n) is 1.69. The van der Waals surface area contributed by atoms with Gasteiger partial charge in [-0.1, -0.05) is 30.3 Å². The molecule has 1 N–H and O–H groups in total. The minimum absolute atomic E-state index is 0.970. The molecule has 87 valence electrons. The van der Waals surface area contributed by atoms with Gasteiger partial charge in [-0.15, -0.1) is 0 Å². The Balaban J connectivity index is 2.03. The first-order valence-electron chi connectivity index (χ1n) is 5.71. The first-order valence-corrected chi connectivity index (χ1v) is 5.71. The van der Waals surface area contributed by atoms with Gasteiger partial charge in [-0.25, -0.2) is 0 Å². The minimum atomic E-state index is 0.970. The maximum absolute atomic E-state index is 3.32. The average Bonchev–Trinajstić information content (AvgIpc) is 2.32. The molecule has 0 saturated carbocycles. The van der Waals surface area contributed by atoms with Crippen LogP contribution in [0.3, 0.4) is 0 Å². The topological polar surface area (TPSA) is 15.3 Å². The SMILES string of the molecule is CN(C)Cc1ccc(Nc2[c]cccc2)cc1. The summed E-state index contributed by atoms with van der Waals surface area (Å²) in [6, 6.07) is 19.5. The monoisotopic (exact) mass is 225 g/mol. The lowest BCUT2D eigenvalue weighted by Crippen LogP contribution is -2.10. The van der Waals surface area contributed by atoms with E-state index in [0.29, 0.717) is 0 Å². The number of hydrogen-bond donors (Lipinski definition) is 1. The molecular weight excluding hydrogens is 208 g/mol. The third-order valence-electron chi connectivity index (χ3n) is 2.44. The second-order valence-electron chi connectivity index (χ2n) is 4.34. The fourth-order valence-corrected chi connectivity index (χ4v) is 1.69. The summed E-state index contributed by atoms with van der Waals surface area (Å²) in [4.78, 5) is 2.16. The van der Waals surface area contributed by atoms with Gasteiger partial charge in [-0.05, 0) is 37.9 Å². The highest BCUT2D eigenvalue weighted by molar-refractivity contribution is 5.58. The summed E-state index contributed by atoms with van der Waals surface area (Å²) in [5, 5.41) is 3.32. The molecular formula is C15H17N2. The predicted octanol–water partition coefficient (Wildman–Crippen LogP) is 3.29. The van der Waals surface area contributed by atoms with Gasteiger partial charge in [-0.2, -0.15) is 0 Å². The van der Waals surface area contributed by atoms with Crippen molar-refractivity contribution in [3.8, 4) is 0 Å². The predicted molar refractivity (Wildman–Crippen MR) is 72.4 cm³/mol. The molecule has 0 bridgehead atoms. The second kappa shape index (κ2) is 5.51. The van der Waals surface area contributed by atoms with Crippen molar-refractivity contribution in [3.63, 3.8) is 0 Å². The molecule has 1 radical (unpaired) electrons. The first-order chi connectivity index (χ1) is 8.24. The van der Waals surface area contributed by atoms with Crippen LogP contribution in [0.15, 0.2) is 48.5 Å². The molecule has 2 nitrogen and oxygen atoms in total. The number of para-hydroxylation sites is 1. The number of benzene rings is 2. The van der Waals surface area contributed by atoms with Gasteiger partial charge in [-0.3, -0.25) is 0 Å². The highest BCUT2D eigenvalue weighted by Crippen LogP contribution is 2.16. The number of nitrogens with zero attached hydrogens (tertiary/aromatic N) is 1. The second-order valence-corrected chi connectivity index (χ2v) is 4.34. The third kappa shape index (κ3) is 3.61. The van der Waals surface area contributed by atoms with E-state index in [1.165, 1.54) is 5.56 Å². The molecule has 0 heterocycles. The van der Waals surface area contributed by atoms with E-state index in [9.17, 15) is 0 Å². The standard InChI is InChI=1S/C15H17N2/c1-17(2)12-13-8-10-15(11-9-13)16-14-6-4-3-5-7-14/h3-6,8-11,16H,12H2,1-2H3. The summed E-state index contributed by atoms with van der Waals surface area (Å²) < 4.78 is 0. The zero-order valence-corrected chi connectivity index (χ0v) is 10.3. The zero-order chi connectivity index (χ0) is 12.1. The van der Waals surface area contributed by atoms with Crippen LogP contribution in [0.25, 0.3) is 0 Å². The van der Waals surface area contributed by atoms with E-state index in [1.54, 1.807) is 0 Å². The van der Waals surface area contributed by atoms with Gasteiger partial charge >= 0.3 is 0 Å². The van der Waals surface area contributed by atoms with E-state index in [4.69, 9.17) is 0 Å². The Morgan fingerprint density at radius 2 is 1.82 bits per heavy atom. The first kappa shape index (κ1) is 11.7. The van der Waals surface area contributed by atoms with E-state index in [0.717, 1.165) is 17.9 Å². The Hall–Kier alpha value is -1.80. The Labute approximate surface area is 103 Å². The maximum Gasteiger partial charge on any atom is 0.0464 e. The van der Waals surface area contributed by atoms with Gasteiger partial charge in [0.25, 0.3) is 0 Å². The van der Waals surface area contributed by atoms with Crippen LogP contribution in [0.4, 0.5) is 11.4 Å². The van der Waals surface area contributed by atoms with Gasteiger partial charge in [0.05, 0.1) is 0 Å². The van der Waals surface area contributed by atoms with E-state index >= 15 is 0 Å². The molecule has 0 aliphatic rings. The van der Waals surface area contributed by atoms with Crippen LogP contribution >= 0.6 is 0 Å². The molecule has 2 aromatic carbocycles. The van der Waals surface area contributed by atoms with E-state index in [1.807, 2.05) is 24.3 Å². The Morgan fingerprint density at radius 1 is 1.06 bits per heavy atom. The molecule has 0 atom stereocenters. The highest BCUT2D eigenvalue weighted by atomic mass is 15.0. The van der Waals surface area contributed by atoms with E-state index in [-0.39, 0.29) is 0 Å². The molecule has 0 unspecified atom stereocenters. The van der Waals surface area contributed by atoms with E-state index in [2.05, 4.69) is 54.6 Å². The molecule has 2 aromatic rings. The third-order valence-corrected chi connectivity index (χ3v) is 2.44. The van der Waals surface area contributed by atoms with Crippen LogP contribution in [0.1, 0.15) is 5.56 Å². The molecule has 2 rings (SSSR count). The van der Waals surface area contributed by atoms with Crippen molar-refractivity contribution in [1.82, 2.24) is 4.90 Å². The summed E-state index contributed by atoms with van der Waals surface area (Å²) in [5.41, 5.74) is 3.40. The smallest absolute Gasteiger partial charge is 0.0464 e. The van der Waals surface area contributed by atoms with Crippen molar-refractivity contribution >= 4 is 11.4 Å². The van der Waals surface area contributed by atoms with Gasteiger partial charge < -0.3 is 10.2 Å². The van der Waals surface area contributed by atoms with Crippen LogP contribution in [-0.2, 0) is 6.54 Å². The molecule has 0 aliphatic carbocycles. The van der Waals surface area contributed by atoms with Crippen LogP contribution in [0, 0.1) is 6.07 Å². The number of anilines is 2. The summed E-state index contributed by atoms with van der Waals surface area (Å²) >= 11 is 0. The van der Waals surface area contributed by atoms with Crippen LogP contribution in [0.2, 0.25) is 0 Å². The molecule has 2 heteroatoms. The van der Waals surface area contributed by atoms with Gasteiger partial charge in [0.1, 0.15) is 0 Å². The lowest BCUT2D eigenvalue weighted by molar-refractivity contribution is 0.402. The molecule has 0 fully saturated rings. The normalized spacial score (nSPS) is 10.5. The number of nitrogens with one attached hydrogen (secondary N) is 1. The molecule has 0 spiro atoms. The van der Waals surface area contributed by atoms with E-state index < -0.39 is 0 Å². The van der Waals surface area contributed by atoms with Crippen LogP contribution < -0.4 is 5.32 Å². The number of rotatable bonds is 4. The van der Waals surface area contributed by atoms with Gasteiger partial charge in [0.2, 0.25) is 0 Å². The van der Waals surface area contributed by atoms with Crippen molar-refractivity contribution in [2.45, 2.75) is 6.54 Å². The minimum Gasteiger partial charge on any atom is -0.355 e. The summed E-state index contributed by atoms with van der Waals surface area (Å²) in [7, 11) is 4.15. The van der Waals surface area contributed by atoms with Crippen molar-refractivity contribution in [1.29, 1.82) is 0 Å². The Bertz CT molecular complexity index is 446. The average molecular weight is 225 g/mol. The van der Waals surface area contributed by atoms with Gasteiger partial charge in [0, 0.05) is 24.0 Å². The largest absolute Gasteiger partial charge is 0.355 e. The Kier molecular flexibility index (Phi) is 3.78. The number of hydrogen-bond acceptors (Lipinski definition) is 2. The molecule has 0 amide bonds.